The summed E-state index contributed by atoms with van der Waals surface area (Å²) in [7, 11) is 0. The Morgan fingerprint density at radius 2 is 1.58 bits per heavy atom. The first kappa shape index (κ1) is 17.7. The molecule has 0 heterocycles. The van der Waals surface area contributed by atoms with E-state index in [0.29, 0.717) is 5.92 Å². The predicted octanol–water partition coefficient (Wildman–Crippen LogP) is 4.37. The third kappa shape index (κ3) is 5.34. The van der Waals surface area contributed by atoms with Gasteiger partial charge in [0.15, 0.2) is 0 Å². The van der Waals surface area contributed by atoms with Crippen LogP contribution in [0.1, 0.15) is 55.9 Å². The quantitative estimate of drug-likeness (QED) is 0.600. The Bertz CT molecular complexity index is 119. The van der Waals surface area contributed by atoms with Crippen molar-refractivity contribution in [3.63, 3.8) is 0 Å². The average Bonchev–Trinajstić information content (AvgIpc) is 1.83. The number of nitrogens with one attached hydrogen (secondary N) is 1. The van der Waals surface area contributed by atoms with E-state index in [9.17, 15) is 0 Å². The molecule has 1 heteroatoms. The van der Waals surface area contributed by atoms with Crippen molar-refractivity contribution in [2.45, 2.75) is 55.9 Å². The van der Waals surface area contributed by atoms with Gasteiger partial charge in [0.1, 0.15) is 0 Å². The minimum Gasteiger partial charge on any atom is -0.309 e. The van der Waals surface area contributed by atoms with Crippen molar-refractivity contribution < 1.29 is 0 Å². The van der Waals surface area contributed by atoms with Gasteiger partial charge in [-0.1, -0.05) is 49.5 Å². The van der Waals surface area contributed by atoms with E-state index in [1.54, 1.807) is 0 Å². The molecule has 0 aliphatic carbocycles. The molecule has 1 unspecified atom stereocenters. The predicted molar refractivity (Wildman–Crippen MR) is 60.1 cm³/mol. The Labute approximate surface area is 79.1 Å². The molecule has 0 spiro atoms. The first-order valence-electron chi connectivity index (χ1n) is 3.98. The first-order valence-corrected chi connectivity index (χ1v) is 3.98. The SMILES string of the molecule is C.C.CCC(C)C(=N)C(C)(C)C. The van der Waals surface area contributed by atoms with Gasteiger partial charge in [-0.05, 0) is 17.8 Å². The molecule has 0 amide bonds. The summed E-state index contributed by atoms with van der Waals surface area (Å²) in [5.74, 6) is 0.444. The first-order chi connectivity index (χ1) is 4.39. The molecular weight excluding hydrogens is 146 g/mol. The minimum atomic E-state index is 0. The molecule has 0 saturated heterocycles. The van der Waals surface area contributed by atoms with Crippen molar-refractivity contribution in [1.29, 1.82) is 5.41 Å². The van der Waals surface area contributed by atoms with E-state index in [1.807, 2.05) is 0 Å². The molecule has 0 aromatic rings. The standard InChI is InChI=1S/C9H19N.2CH4/c1-6-7(2)8(10)9(3,4)5;;/h7,10H,6H2,1-5H3;2*1H4. The van der Waals surface area contributed by atoms with E-state index >= 15 is 0 Å². The molecule has 1 atom stereocenters. The summed E-state index contributed by atoms with van der Waals surface area (Å²) >= 11 is 0. The number of rotatable bonds is 2. The maximum Gasteiger partial charge on any atom is 0.0171 e. The topological polar surface area (TPSA) is 23.9 Å². The second-order valence-electron chi connectivity index (χ2n) is 3.97. The molecule has 0 aromatic carbocycles. The summed E-state index contributed by atoms with van der Waals surface area (Å²) in [5, 5.41) is 7.75. The van der Waals surface area contributed by atoms with Crippen molar-refractivity contribution in [2.75, 3.05) is 0 Å². The third-order valence-electron chi connectivity index (χ3n) is 1.91. The highest BCUT2D eigenvalue weighted by atomic mass is 14.5. The molecule has 0 rings (SSSR count). The van der Waals surface area contributed by atoms with Crippen molar-refractivity contribution in [2.24, 2.45) is 11.3 Å². The van der Waals surface area contributed by atoms with Crippen LogP contribution in [0.4, 0.5) is 0 Å². The third-order valence-corrected chi connectivity index (χ3v) is 1.91. The molecule has 0 aromatic heterocycles. The fourth-order valence-corrected chi connectivity index (χ4v) is 0.943. The summed E-state index contributed by atoms with van der Waals surface area (Å²) in [6.07, 6.45) is 1.08. The largest absolute Gasteiger partial charge is 0.309 e. The lowest BCUT2D eigenvalue weighted by molar-refractivity contribution is 0.534. The highest BCUT2D eigenvalue weighted by Gasteiger charge is 2.20. The number of hydrogen-bond donors (Lipinski definition) is 1. The van der Waals surface area contributed by atoms with E-state index in [4.69, 9.17) is 5.41 Å². The van der Waals surface area contributed by atoms with Crippen LogP contribution < -0.4 is 0 Å². The van der Waals surface area contributed by atoms with Gasteiger partial charge in [0, 0.05) is 5.71 Å². The van der Waals surface area contributed by atoms with Gasteiger partial charge in [0.25, 0.3) is 0 Å². The molecule has 0 radical (unpaired) electrons. The van der Waals surface area contributed by atoms with Crippen LogP contribution in [0.3, 0.4) is 0 Å². The Morgan fingerprint density at radius 3 is 1.67 bits per heavy atom. The lowest BCUT2D eigenvalue weighted by Gasteiger charge is -2.24. The number of hydrogen-bond acceptors (Lipinski definition) is 1. The summed E-state index contributed by atoms with van der Waals surface area (Å²) < 4.78 is 0. The van der Waals surface area contributed by atoms with Crippen molar-refractivity contribution >= 4 is 5.71 Å². The fourth-order valence-electron chi connectivity index (χ4n) is 0.943. The van der Waals surface area contributed by atoms with E-state index in [2.05, 4.69) is 34.6 Å². The van der Waals surface area contributed by atoms with Gasteiger partial charge < -0.3 is 5.41 Å². The smallest absolute Gasteiger partial charge is 0.0171 e. The molecule has 12 heavy (non-hydrogen) atoms. The van der Waals surface area contributed by atoms with Gasteiger partial charge in [0.05, 0.1) is 0 Å². The van der Waals surface area contributed by atoms with Crippen LogP contribution in [-0.4, -0.2) is 5.71 Å². The zero-order chi connectivity index (χ0) is 8.36. The average molecular weight is 173 g/mol. The highest BCUT2D eigenvalue weighted by molar-refractivity contribution is 5.88. The maximum atomic E-state index is 7.75. The van der Waals surface area contributed by atoms with Gasteiger partial charge in [-0.25, -0.2) is 0 Å². The second kappa shape index (κ2) is 6.22. The molecule has 0 aliphatic heterocycles. The van der Waals surface area contributed by atoms with Gasteiger partial charge in [-0.3, -0.25) is 0 Å². The van der Waals surface area contributed by atoms with Crippen LogP contribution in [-0.2, 0) is 0 Å². The van der Waals surface area contributed by atoms with Gasteiger partial charge in [0.2, 0.25) is 0 Å². The molecule has 1 nitrogen and oxygen atoms in total. The highest BCUT2D eigenvalue weighted by Crippen LogP contribution is 2.21. The summed E-state index contributed by atoms with van der Waals surface area (Å²) in [5.41, 5.74) is 0.935. The molecule has 0 aliphatic rings. The van der Waals surface area contributed by atoms with Gasteiger partial charge in [-0.15, -0.1) is 0 Å². The van der Waals surface area contributed by atoms with E-state index in [1.165, 1.54) is 0 Å². The van der Waals surface area contributed by atoms with Crippen LogP contribution in [0.25, 0.3) is 0 Å². The van der Waals surface area contributed by atoms with E-state index in [0.717, 1.165) is 12.1 Å². The van der Waals surface area contributed by atoms with Crippen LogP contribution in [0, 0.1) is 16.7 Å². The van der Waals surface area contributed by atoms with Crippen molar-refractivity contribution in [3.05, 3.63) is 0 Å². The molecule has 0 bridgehead atoms. The zero-order valence-electron chi connectivity index (χ0n) is 7.78. The molecule has 0 saturated carbocycles. The van der Waals surface area contributed by atoms with Crippen molar-refractivity contribution in [3.8, 4) is 0 Å². The van der Waals surface area contributed by atoms with Crippen LogP contribution in [0.15, 0.2) is 0 Å². The minimum absolute atomic E-state index is 0. The van der Waals surface area contributed by atoms with Crippen LogP contribution in [0.2, 0.25) is 0 Å². The molecule has 76 valence electrons. The Hall–Kier alpha value is -0.330. The summed E-state index contributed by atoms with van der Waals surface area (Å²) in [6, 6.07) is 0. The lowest BCUT2D eigenvalue weighted by Crippen LogP contribution is -2.25. The summed E-state index contributed by atoms with van der Waals surface area (Å²) in [6.45, 7) is 10.5. The second-order valence-corrected chi connectivity index (χ2v) is 3.97. The Morgan fingerprint density at radius 1 is 1.25 bits per heavy atom. The van der Waals surface area contributed by atoms with Crippen LogP contribution >= 0.6 is 0 Å². The zero-order valence-corrected chi connectivity index (χ0v) is 7.78. The molecule has 1 N–H and O–H groups in total. The van der Waals surface area contributed by atoms with Gasteiger partial charge in [-0.2, -0.15) is 0 Å². The Balaban J connectivity index is -0.000000405. The van der Waals surface area contributed by atoms with Gasteiger partial charge >= 0.3 is 0 Å². The summed E-state index contributed by atoms with van der Waals surface area (Å²) in [4.78, 5) is 0. The molecular formula is C11H27N. The Kier molecular flexibility index (Phi) is 9.15. The van der Waals surface area contributed by atoms with E-state index in [-0.39, 0.29) is 20.3 Å². The fraction of sp³-hybridized carbons (Fsp3) is 0.909. The van der Waals surface area contributed by atoms with Crippen LogP contribution in [0.5, 0.6) is 0 Å². The maximum absolute atomic E-state index is 7.75. The van der Waals surface area contributed by atoms with E-state index < -0.39 is 0 Å². The molecule has 0 fully saturated rings. The van der Waals surface area contributed by atoms with Crippen molar-refractivity contribution in [1.82, 2.24) is 0 Å². The monoisotopic (exact) mass is 173 g/mol. The normalized spacial score (nSPS) is 12.4. The lowest BCUT2D eigenvalue weighted by atomic mass is 9.82.